The normalized spacial score (nSPS) is 18.0. The van der Waals surface area contributed by atoms with Gasteiger partial charge in [0.15, 0.2) is 0 Å². The summed E-state index contributed by atoms with van der Waals surface area (Å²) in [4.78, 5) is 2.48. The molecule has 1 unspecified atom stereocenters. The van der Waals surface area contributed by atoms with Crippen molar-refractivity contribution in [2.24, 2.45) is 0 Å². The fourth-order valence-electron chi connectivity index (χ4n) is 3.17. The summed E-state index contributed by atoms with van der Waals surface area (Å²) in [6.45, 7) is 6.40. The molecule has 0 radical (unpaired) electrons. The van der Waals surface area contributed by atoms with Gasteiger partial charge in [-0.2, -0.15) is 0 Å². The third kappa shape index (κ3) is 5.18. The van der Waals surface area contributed by atoms with Crippen molar-refractivity contribution in [1.29, 1.82) is 0 Å². The number of unbranched alkanes of at least 4 members (excludes halogenated alkanes) is 1. The molecule has 2 aromatic rings. The maximum atomic E-state index is 3.68. The Kier molecular flexibility index (Phi) is 6.66. The molecule has 1 aliphatic rings. The van der Waals surface area contributed by atoms with Crippen molar-refractivity contribution in [3.8, 4) is 0 Å². The topological polar surface area (TPSA) is 27.3 Å². The Morgan fingerprint density at radius 3 is 2.48 bits per heavy atom. The number of anilines is 1. The first-order chi connectivity index (χ1) is 12.4. The van der Waals surface area contributed by atoms with Gasteiger partial charge >= 0.3 is 0 Å². The molecule has 0 amide bonds. The van der Waals surface area contributed by atoms with Gasteiger partial charge in [0, 0.05) is 25.3 Å². The van der Waals surface area contributed by atoms with Crippen molar-refractivity contribution >= 4 is 17.8 Å². The fourth-order valence-corrected chi connectivity index (χ4v) is 3.17. The molecule has 0 spiro atoms. The minimum Gasteiger partial charge on any atom is -0.353 e. The zero-order valence-corrected chi connectivity index (χ0v) is 15.1. The Morgan fingerprint density at radius 2 is 1.76 bits per heavy atom. The van der Waals surface area contributed by atoms with Gasteiger partial charge in [-0.15, -0.1) is 0 Å². The highest BCUT2D eigenvalue weighted by Crippen LogP contribution is 2.19. The highest BCUT2D eigenvalue weighted by Gasteiger charge is 2.21. The average Bonchev–Trinajstić information content (AvgIpc) is 2.68. The Hall–Kier alpha value is -2.10. The number of hydrogen-bond acceptors (Lipinski definition) is 3. The monoisotopic (exact) mass is 335 g/mol. The summed E-state index contributed by atoms with van der Waals surface area (Å²) in [5.74, 6) is 0. The van der Waals surface area contributed by atoms with Crippen molar-refractivity contribution in [1.82, 2.24) is 10.6 Å². The summed E-state index contributed by atoms with van der Waals surface area (Å²) in [7, 11) is 0. The van der Waals surface area contributed by atoms with E-state index in [1.165, 1.54) is 29.7 Å². The molecule has 1 atom stereocenters. The molecule has 3 nitrogen and oxygen atoms in total. The maximum absolute atomic E-state index is 3.68. The van der Waals surface area contributed by atoms with Crippen LogP contribution in [0.3, 0.4) is 0 Å². The van der Waals surface area contributed by atoms with Crippen LogP contribution in [0.5, 0.6) is 0 Å². The summed E-state index contributed by atoms with van der Waals surface area (Å²) < 4.78 is 0. The summed E-state index contributed by atoms with van der Waals surface area (Å²) in [6.07, 6.45) is 7.18. The summed E-state index contributed by atoms with van der Waals surface area (Å²) in [6, 6.07) is 19.3. The molecule has 25 heavy (non-hydrogen) atoms. The van der Waals surface area contributed by atoms with Crippen LogP contribution in [0.25, 0.3) is 12.2 Å². The highest BCUT2D eigenvalue weighted by molar-refractivity contribution is 5.70. The predicted octanol–water partition coefficient (Wildman–Crippen LogP) is 3.98. The number of nitrogens with zero attached hydrogens (tertiary/aromatic N) is 1. The second-order valence-electron chi connectivity index (χ2n) is 6.56. The summed E-state index contributed by atoms with van der Waals surface area (Å²) in [5.41, 5.74) is 3.76. The predicted molar refractivity (Wildman–Crippen MR) is 109 cm³/mol. The fraction of sp³-hybridized carbons (Fsp3) is 0.364. The van der Waals surface area contributed by atoms with Gasteiger partial charge < -0.3 is 10.2 Å². The van der Waals surface area contributed by atoms with Gasteiger partial charge in [-0.3, -0.25) is 5.32 Å². The Balaban J connectivity index is 1.64. The largest absolute Gasteiger partial charge is 0.353 e. The standard InChI is InChI=1S/C22H29N3/c1-2-3-15-24-22-18-23-16-17-25(22)21-13-11-20(12-14-21)10-9-19-7-5-4-6-8-19/h4-14,22-24H,2-3,15-18H2,1H3. The summed E-state index contributed by atoms with van der Waals surface area (Å²) in [5, 5.41) is 7.18. The van der Waals surface area contributed by atoms with Gasteiger partial charge in [0.2, 0.25) is 0 Å². The molecule has 3 heteroatoms. The number of piperazine rings is 1. The molecule has 1 fully saturated rings. The van der Waals surface area contributed by atoms with Crippen LogP contribution in [0, 0.1) is 0 Å². The molecule has 0 bridgehead atoms. The Labute approximate surface area is 151 Å². The van der Waals surface area contributed by atoms with Gasteiger partial charge in [-0.25, -0.2) is 0 Å². The zero-order valence-electron chi connectivity index (χ0n) is 15.1. The smallest absolute Gasteiger partial charge is 0.0922 e. The molecule has 3 rings (SSSR count). The molecule has 132 valence electrons. The van der Waals surface area contributed by atoms with E-state index in [9.17, 15) is 0 Å². The molecule has 1 saturated heterocycles. The lowest BCUT2D eigenvalue weighted by Crippen LogP contribution is -2.58. The van der Waals surface area contributed by atoms with Crippen molar-refractivity contribution < 1.29 is 0 Å². The molecule has 2 aromatic carbocycles. The van der Waals surface area contributed by atoms with Crippen LogP contribution in [0.1, 0.15) is 30.9 Å². The zero-order chi connectivity index (χ0) is 17.3. The van der Waals surface area contributed by atoms with Crippen LogP contribution in [-0.2, 0) is 0 Å². The molecule has 0 aromatic heterocycles. The third-order valence-corrected chi connectivity index (χ3v) is 4.65. The molecule has 1 aliphatic heterocycles. The van der Waals surface area contributed by atoms with Gasteiger partial charge in [0.1, 0.15) is 0 Å². The third-order valence-electron chi connectivity index (χ3n) is 4.65. The Bertz CT molecular complexity index is 649. The van der Waals surface area contributed by atoms with E-state index in [1.807, 2.05) is 6.07 Å². The van der Waals surface area contributed by atoms with Gasteiger partial charge in [0.05, 0.1) is 6.17 Å². The lowest BCUT2D eigenvalue weighted by atomic mass is 10.1. The van der Waals surface area contributed by atoms with Crippen LogP contribution < -0.4 is 15.5 Å². The molecule has 2 N–H and O–H groups in total. The van der Waals surface area contributed by atoms with E-state index in [0.29, 0.717) is 6.17 Å². The maximum Gasteiger partial charge on any atom is 0.0922 e. The summed E-state index contributed by atoms with van der Waals surface area (Å²) >= 11 is 0. The van der Waals surface area contributed by atoms with Gasteiger partial charge in [0.25, 0.3) is 0 Å². The SMILES string of the molecule is CCCCNC1CNCCN1c1ccc(C=Cc2ccccc2)cc1. The number of nitrogens with one attached hydrogen (secondary N) is 2. The lowest BCUT2D eigenvalue weighted by molar-refractivity contribution is 0.408. The van der Waals surface area contributed by atoms with Crippen LogP contribution in [0.15, 0.2) is 54.6 Å². The van der Waals surface area contributed by atoms with Gasteiger partial charge in [-0.1, -0.05) is 68.0 Å². The quantitative estimate of drug-likeness (QED) is 0.592. The number of rotatable bonds is 7. The second-order valence-corrected chi connectivity index (χ2v) is 6.56. The second kappa shape index (κ2) is 9.40. The van der Waals surface area contributed by atoms with Crippen molar-refractivity contribution in [2.75, 3.05) is 31.1 Å². The van der Waals surface area contributed by atoms with Crippen LogP contribution in [-0.4, -0.2) is 32.3 Å². The van der Waals surface area contributed by atoms with E-state index in [2.05, 4.69) is 83.1 Å². The molecule has 1 heterocycles. The van der Waals surface area contributed by atoms with E-state index in [4.69, 9.17) is 0 Å². The van der Waals surface area contributed by atoms with Gasteiger partial charge in [-0.05, 0) is 36.2 Å². The number of hydrogen-bond donors (Lipinski definition) is 2. The molecule has 0 saturated carbocycles. The highest BCUT2D eigenvalue weighted by atomic mass is 15.3. The molecular formula is C22H29N3. The van der Waals surface area contributed by atoms with E-state index >= 15 is 0 Å². The minimum absolute atomic E-state index is 0.381. The first kappa shape index (κ1) is 17.7. The van der Waals surface area contributed by atoms with Crippen molar-refractivity contribution in [2.45, 2.75) is 25.9 Å². The molecular weight excluding hydrogens is 306 g/mol. The molecule has 0 aliphatic carbocycles. The van der Waals surface area contributed by atoms with Crippen molar-refractivity contribution in [3.05, 3.63) is 65.7 Å². The Morgan fingerprint density at radius 1 is 1.04 bits per heavy atom. The first-order valence-electron chi connectivity index (χ1n) is 9.41. The van der Waals surface area contributed by atoms with E-state index < -0.39 is 0 Å². The minimum atomic E-state index is 0.381. The van der Waals surface area contributed by atoms with E-state index in [0.717, 1.165) is 26.2 Å². The lowest BCUT2D eigenvalue weighted by Gasteiger charge is -2.38. The number of benzene rings is 2. The van der Waals surface area contributed by atoms with Crippen LogP contribution in [0.2, 0.25) is 0 Å². The van der Waals surface area contributed by atoms with E-state index in [1.54, 1.807) is 0 Å². The van der Waals surface area contributed by atoms with Crippen molar-refractivity contribution in [3.63, 3.8) is 0 Å². The average molecular weight is 335 g/mol. The van der Waals surface area contributed by atoms with Crippen LogP contribution >= 0.6 is 0 Å². The van der Waals surface area contributed by atoms with E-state index in [-0.39, 0.29) is 0 Å². The first-order valence-corrected chi connectivity index (χ1v) is 9.41. The van der Waals surface area contributed by atoms with Crippen LogP contribution in [0.4, 0.5) is 5.69 Å².